The Morgan fingerprint density at radius 2 is 1.75 bits per heavy atom. The second kappa shape index (κ2) is 6.81. The molecule has 0 bridgehead atoms. The Labute approximate surface area is 166 Å². The standard InChI is InChI=1S/C21H18ClN3O3/c22-16-6-5-15-17-18(16)20(26)14-4-2-1-3-13(14)19(17)23-25(21(15)27)8-7-24-9-11-28-12-10-24/h1-6H,7-12H2. The zero-order valence-corrected chi connectivity index (χ0v) is 15.9. The summed E-state index contributed by atoms with van der Waals surface area (Å²) < 4.78 is 6.89. The van der Waals surface area contributed by atoms with Crippen molar-refractivity contribution in [2.24, 2.45) is 0 Å². The van der Waals surface area contributed by atoms with Crippen LogP contribution in [0, 0.1) is 0 Å². The molecule has 3 aromatic rings. The van der Waals surface area contributed by atoms with Crippen molar-refractivity contribution in [3.63, 3.8) is 0 Å². The van der Waals surface area contributed by atoms with E-state index in [0.717, 1.165) is 25.2 Å². The van der Waals surface area contributed by atoms with Crippen LogP contribution in [0.1, 0.15) is 15.9 Å². The molecule has 142 valence electrons. The van der Waals surface area contributed by atoms with Gasteiger partial charge < -0.3 is 4.74 Å². The number of carbonyl (C=O) groups excluding carboxylic acids is 1. The molecule has 28 heavy (non-hydrogen) atoms. The normalized spacial score (nSPS) is 16.4. The van der Waals surface area contributed by atoms with Crippen LogP contribution in [0.2, 0.25) is 5.02 Å². The second-order valence-electron chi connectivity index (χ2n) is 7.05. The lowest BCUT2D eigenvalue weighted by atomic mass is 9.86. The summed E-state index contributed by atoms with van der Waals surface area (Å²) in [4.78, 5) is 28.3. The Balaban J connectivity index is 1.68. The summed E-state index contributed by atoms with van der Waals surface area (Å²) >= 11 is 6.35. The van der Waals surface area contributed by atoms with Crippen LogP contribution in [0.15, 0.2) is 41.2 Å². The summed E-state index contributed by atoms with van der Waals surface area (Å²) in [5.41, 5.74) is 2.13. The van der Waals surface area contributed by atoms with Gasteiger partial charge in [-0.3, -0.25) is 14.5 Å². The fourth-order valence-corrected chi connectivity index (χ4v) is 4.25. The van der Waals surface area contributed by atoms with Gasteiger partial charge in [0.05, 0.1) is 35.7 Å². The van der Waals surface area contributed by atoms with Crippen LogP contribution >= 0.6 is 11.6 Å². The second-order valence-corrected chi connectivity index (χ2v) is 7.46. The maximum Gasteiger partial charge on any atom is 0.274 e. The summed E-state index contributed by atoms with van der Waals surface area (Å²) in [6.45, 7) is 4.34. The number of benzene rings is 2. The molecule has 2 aliphatic rings. The lowest BCUT2D eigenvalue weighted by Gasteiger charge is -2.27. The predicted octanol–water partition coefficient (Wildman–Crippen LogP) is 2.59. The number of hydrogen-bond donors (Lipinski definition) is 0. The third-order valence-corrected chi connectivity index (χ3v) is 5.78. The molecule has 5 rings (SSSR count). The van der Waals surface area contributed by atoms with Gasteiger partial charge in [-0.15, -0.1) is 0 Å². The molecule has 1 aromatic heterocycles. The number of ether oxygens (including phenoxy) is 1. The van der Waals surface area contributed by atoms with Crippen LogP contribution in [-0.2, 0) is 11.3 Å². The Bertz CT molecular complexity index is 1170. The molecule has 0 radical (unpaired) electrons. The number of nitrogens with zero attached hydrogens (tertiary/aromatic N) is 3. The van der Waals surface area contributed by atoms with Crippen LogP contribution in [0.4, 0.5) is 0 Å². The molecule has 0 amide bonds. The van der Waals surface area contributed by atoms with Gasteiger partial charge in [0.2, 0.25) is 0 Å². The summed E-state index contributed by atoms with van der Waals surface area (Å²) in [7, 11) is 0. The monoisotopic (exact) mass is 395 g/mol. The van der Waals surface area contributed by atoms with Gasteiger partial charge in [0.25, 0.3) is 5.56 Å². The first-order valence-corrected chi connectivity index (χ1v) is 9.70. The van der Waals surface area contributed by atoms with Crippen LogP contribution < -0.4 is 5.56 Å². The van der Waals surface area contributed by atoms with E-state index in [2.05, 4.69) is 10.00 Å². The molecule has 6 nitrogen and oxygen atoms in total. The van der Waals surface area contributed by atoms with Crippen molar-refractivity contribution in [3.8, 4) is 11.3 Å². The molecule has 2 heterocycles. The summed E-state index contributed by atoms with van der Waals surface area (Å²) in [5.74, 6) is -0.161. The molecule has 0 spiro atoms. The highest BCUT2D eigenvalue weighted by Gasteiger charge is 2.30. The van der Waals surface area contributed by atoms with E-state index in [4.69, 9.17) is 16.3 Å². The molecule has 0 atom stereocenters. The van der Waals surface area contributed by atoms with E-state index in [1.807, 2.05) is 18.2 Å². The zero-order valence-electron chi connectivity index (χ0n) is 15.2. The van der Waals surface area contributed by atoms with E-state index >= 15 is 0 Å². The zero-order chi connectivity index (χ0) is 19.3. The lowest BCUT2D eigenvalue weighted by Crippen LogP contribution is -2.39. The number of hydrogen-bond acceptors (Lipinski definition) is 5. The average Bonchev–Trinajstić information content (AvgIpc) is 2.73. The molecular formula is C21H18ClN3O3. The van der Waals surface area contributed by atoms with E-state index in [1.54, 1.807) is 18.2 Å². The Morgan fingerprint density at radius 1 is 1.00 bits per heavy atom. The van der Waals surface area contributed by atoms with Crippen LogP contribution in [0.3, 0.4) is 0 Å². The summed E-state index contributed by atoms with van der Waals surface area (Å²) in [6, 6.07) is 10.7. The van der Waals surface area contributed by atoms with Crippen molar-refractivity contribution in [2.45, 2.75) is 6.54 Å². The van der Waals surface area contributed by atoms with E-state index in [-0.39, 0.29) is 11.3 Å². The molecule has 1 aliphatic heterocycles. The average molecular weight is 396 g/mol. The van der Waals surface area contributed by atoms with Crippen molar-refractivity contribution in [2.75, 3.05) is 32.8 Å². The first-order chi connectivity index (χ1) is 13.6. The van der Waals surface area contributed by atoms with Gasteiger partial charge >= 0.3 is 0 Å². The fraction of sp³-hybridized carbons (Fsp3) is 0.286. The molecule has 7 heteroatoms. The molecular weight excluding hydrogens is 378 g/mol. The number of fused-ring (bicyclic) bond motifs is 2. The number of halogens is 1. The van der Waals surface area contributed by atoms with Gasteiger partial charge in [-0.25, -0.2) is 4.68 Å². The SMILES string of the molecule is O=C1c2ccccc2-c2nn(CCN3CCOCC3)c(=O)c3ccc(Cl)c1c23. The van der Waals surface area contributed by atoms with Crippen molar-refractivity contribution in [3.05, 3.63) is 62.9 Å². The summed E-state index contributed by atoms with van der Waals surface area (Å²) in [6.07, 6.45) is 0. The minimum absolute atomic E-state index is 0.161. The molecule has 1 fully saturated rings. The maximum absolute atomic E-state index is 13.1. The van der Waals surface area contributed by atoms with E-state index in [0.29, 0.717) is 52.4 Å². The van der Waals surface area contributed by atoms with Crippen molar-refractivity contribution < 1.29 is 9.53 Å². The van der Waals surface area contributed by atoms with Gasteiger partial charge in [-0.2, -0.15) is 5.10 Å². The third-order valence-electron chi connectivity index (χ3n) is 5.46. The smallest absolute Gasteiger partial charge is 0.274 e. The van der Waals surface area contributed by atoms with Gasteiger partial charge in [0, 0.05) is 36.1 Å². The van der Waals surface area contributed by atoms with Gasteiger partial charge in [-0.1, -0.05) is 35.9 Å². The lowest BCUT2D eigenvalue weighted by molar-refractivity contribution is 0.0358. The molecule has 1 saturated heterocycles. The van der Waals surface area contributed by atoms with Crippen molar-refractivity contribution in [1.82, 2.24) is 14.7 Å². The highest BCUT2D eigenvalue weighted by molar-refractivity contribution is 6.39. The third kappa shape index (κ3) is 2.68. The highest BCUT2D eigenvalue weighted by atomic mass is 35.5. The number of rotatable bonds is 3. The van der Waals surface area contributed by atoms with E-state index < -0.39 is 0 Å². The van der Waals surface area contributed by atoms with Gasteiger partial charge in [0.1, 0.15) is 5.69 Å². The number of aromatic nitrogens is 2. The quantitative estimate of drug-likeness (QED) is 0.533. The number of ketones is 1. The van der Waals surface area contributed by atoms with Crippen LogP contribution in [0.5, 0.6) is 0 Å². The summed E-state index contributed by atoms with van der Waals surface area (Å²) in [5, 5.41) is 6.06. The van der Waals surface area contributed by atoms with Gasteiger partial charge in [0.15, 0.2) is 5.78 Å². The highest BCUT2D eigenvalue weighted by Crippen LogP contribution is 2.39. The van der Waals surface area contributed by atoms with Crippen LogP contribution in [-0.4, -0.2) is 53.3 Å². The molecule has 0 N–H and O–H groups in total. The maximum atomic E-state index is 13.1. The molecule has 0 saturated carbocycles. The topological polar surface area (TPSA) is 64.4 Å². The minimum atomic E-state index is -0.197. The van der Waals surface area contributed by atoms with E-state index in [9.17, 15) is 9.59 Å². The number of carbonyl (C=O) groups is 1. The van der Waals surface area contributed by atoms with Gasteiger partial charge in [-0.05, 0) is 12.1 Å². The predicted molar refractivity (Wildman–Crippen MR) is 107 cm³/mol. The van der Waals surface area contributed by atoms with E-state index in [1.165, 1.54) is 4.68 Å². The first kappa shape index (κ1) is 17.6. The molecule has 1 aliphatic carbocycles. The Morgan fingerprint density at radius 3 is 2.54 bits per heavy atom. The van der Waals surface area contributed by atoms with Crippen molar-refractivity contribution >= 4 is 28.2 Å². The largest absolute Gasteiger partial charge is 0.379 e. The minimum Gasteiger partial charge on any atom is -0.379 e. The first-order valence-electron chi connectivity index (χ1n) is 9.32. The van der Waals surface area contributed by atoms with Crippen molar-refractivity contribution in [1.29, 1.82) is 0 Å². The van der Waals surface area contributed by atoms with Crippen LogP contribution in [0.25, 0.3) is 22.0 Å². The molecule has 0 unspecified atom stereocenters. The molecule has 2 aromatic carbocycles. The Hall–Kier alpha value is -2.54. The number of morpholine rings is 1. The fourth-order valence-electron chi connectivity index (χ4n) is 4.00. The Kier molecular flexibility index (Phi) is 4.27.